The first kappa shape index (κ1) is 17.1. The molecule has 0 aliphatic heterocycles. The van der Waals surface area contributed by atoms with Crippen LogP contribution in [0.2, 0.25) is 0 Å². The van der Waals surface area contributed by atoms with Crippen LogP contribution >= 0.6 is 0 Å². The van der Waals surface area contributed by atoms with Crippen molar-refractivity contribution in [1.82, 2.24) is 0 Å². The van der Waals surface area contributed by atoms with E-state index in [1.54, 1.807) is 7.11 Å². The van der Waals surface area contributed by atoms with E-state index >= 15 is 0 Å². The zero-order chi connectivity index (χ0) is 17.7. The summed E-state index contributed by atoms with van der Waals surface area (Å²) < 4.78 is 9.76. The summed E-state index contributed by atoms with van der Waals surface area (Å²) in [5, 5.41) is 14.0. The molecule has 2 aromatic carbocycles. The van der Waals surface area contributed by atoms with E-state index in [9.17, 15) is 14.9 Å². The SMILES string of the molecule is COC(=O)c1c(NCc2ccc(OC)cc2)ccc([N+](=O)[O-])c1N. The molecule has 0 spiro atoms. The molecule has 0 amide bonds. The average molecular weight is 331 g/mol. The second-order valence-corrected chi connectivity index (χ2v) is 4.87. The van der Waals surface area contributed by atoms with E-state index in [-0.39, 0.29) is 16.9 Å². The Morgan fingerprint density at radius 1 is 1.21 bits per heavy atom. The van der Waals surface area contributed by atoms with Gasteiger partial charge in [-0.15, -0.1) is 0 Å². The molecule has 8 nitrogen and oxygen atoms in total. The molecule has 0 fully saturated rings. The van der Waals surface area contributed by atoms with Crippen LogP contribution in [0.5, 0.6) is 5.75 Å². The number of nitrogens with one attached hydrogen (secondary N) is 1. The van der Waals surface area contributed by atoms with E-state index < -0.39 is 10.9 Å². The van der Waals surface area contributed by atoms with Crippen molar-refractivity contribution in [3.63, 3.8) is 0 Å². The first-order chi connectivity index (χ1) is 11.5. The van der Waals surface area contributed by atoms with Gasteiger partial charge in [-0.3, -0.25) is 10.1 Å². The highest BCUT2D eigenvalue weighted by Crippen LogP contribution is 2.32. The summed E-state index contributed by atoms with van der Waals surface area (Å²) in [6.07, 6.45) is 0. The third-order valence-electron chi connectivity index (χ3n) is 3.45. The number of esters is 1. The largest absolute Gasteiger partial charge is 0.497 e. The second-order valence-electron chi connectivity index (χ2n) is 4.87. The number of nitrogens with two attached hydrogens (primary N) is 1. The summed E-state index contributed by atoms with van der Waals surface area (Å²) in [4.78, 5) is 22.3. The Morgan fingerprint density at radius 3 is 2.42 bits per heavy atom. The van der Waals surface area contributed by atoms with Crippen molar-refractivity contribution in [2.45, 2.75) is 6.54 Å². The molecule has 126 valence electrons. The van der Waals surface area contributed by atoms with Crippen molar-refractivity contribution in [3.05, 3.63) is 57.6 Å². The van der Waals surface area contributed by atoms with Gasteiger partial charge in [-0.05, 0) is 23.8 Å². The van der Waals surface area contributed by atoms with Crippen LogP contribution in [0.3, 0.4) is 0 Å². The Kier molecular flexibility index (Phi) is 5.20. The maximum absolute atomic E-state index is 11.9. The summed E-state index contributed by atoms with van der Waals surface area (Å²) in [5.41, 5.74) is 6.44. The minimum absolute atomic E-state index is 0.0554. The molecular weight excluding hydrogens is 314 g/mol. The minimum atomic E-state index is -0.742. The van der Waals surface area contributed by atoms with Gasteiger partial charge in [-0.25, -0.2) is 4.79 Å². The van der Waals surface area contributed by atoms with E-state index in [1.165, 1.54) is 19.2 Å². The third kappa shape index (κ3) is 3.54. The van der Waals surface area contributed by atoms with Gasteiger partial charge in [-0.2, -0.15) is 0 Å². The number of ether oxygens (including phenoxy) is 2. The normalized spacial score (nSPS) is 10.1. The zero-order valence-corrected chi connectivity index (χ0v) is 13.2. The fourth-order valence-electron chi connectivity index (χ4n) is 2.18. The Balaban J connectivity index is 2.29. The molecule has 0 radical (unpaired) electrons. The number of anilines is 2. The number of methoxy groups -OCH3 is 2. The molecule has 0 atom stereocenters. The smallest absolute Gasteiger partial charge is 0.342 e. The number of nitro benzene ring substituents is 1. The van der Waals surface area contributed by atoms with Gasteiger partial charge in [0.2, 0.25) is 0 Å². The van der Waals surface area contributed by atoms with Crippen molar-refractivity contribution in [3.8, 4) is 5.75 Å². The number of nitrogen functional groups attached to an aromatic ring is 1. The highest BCUT2D eigenvalue weighted by atomic mass is 16.6. The number of nitrogens with zero attached hydrogens (tertiary/aromatic N) is 1. The monoisotopic (exact) mass is 331 g/mol. The van der Waals surface area contributed by atoms with Gasteiger partial charge in [0.15, 0.2) is 0 Å². The van der Waals surface area contributed by atoms with Gasteiger partial charge < -0.3 is 20.5 Å². The molecule has 0 bridgehead atoms. The Hall–Kier alpha value is -3.29. The van der Waals surface area contributed by atoms with Crippen molar-refractivity contribution in [1.29, 1.82) is 0 Å². The summed E-state index contributed by atoms with van der Waals surface area (Å²) in [7, 11) is 2.77. The zero-order valence-electron chi connectivity index (χ0n) is 13.2. The number of hydrogen-bond acceptors (Lipinski definition) is 7. The molecule has 0 aliphatic rings. The van der Waals surface area contributed by atoms with Gasteiger partial charge in [0, 0.05) is 12.6 Å². The number of benzene rings is 2. The van der Waals surface area contributed by atoms with Gasteiger partial charge in [0.1, 0.15) is 17.0 Å². The lowest BCUT2D eigenvalue weighted by Gasteiger charge is -2.13. The Labute approximate surface area is 138 Å². The van der Waals surface area contributed by atoms with E-state index in [1.807, 2.05) is 24.3 Å². The highest BCUT2D eigenvalue weighted by molar-refractivity contribution is 6.03. The summed E-state index contributed by atoms with van der Waals surface area (Å²) in [5.74, 6) is -0.0120. The van der Waals surface area contributed by atoms with Crippen LogP contribution in [0.15, 0.2) is 36.4 Å². The predicted octanol–water partition coefficient (Wildman–Crippen LogP) is 2.58. The van der Waals surface area contributed by atoms with Crippen LogP contribution in [-0.2, 0) is 11.3 Å². The van der Waals surface area contributed by atoms with Crippen LogP contribution in [0.4, 0.5) is 17.1 Å². The number of carbonyl (C=O) groups excluding carboxylic acids is 1. The van der Waals surface area contributed by atoms with Crippen molar-refractivity contribution < 1.29 is 19.2 Å². The van der Waals surface area contributed by atoms with E-state index in [0.717, 1.165) is 11.3 Å². The van der Waals surface area contributed by atoms with Crippen molar-refractivity contribution >= 4 is 23.0 Å². The first-order valence-corrected chi connectivity index (χ1v) is 7.00. The minimum Gasteiger partial charge on any atom is -0.497 e. The summed E-state index contributed by atoms with van der Waals surface area (Å²) >= 11 is 0. The third-order valence-corrected chi connectivity index (χ3v) is 3.45. The van der Waals surface area contributed by atoms with Gasteiger partial charge >= 0.3 is 5.97 Å². The lowest BCUT2D eigenvalue weighted by atomic mass is 10.1. The molecular formula is C16H17N3O5. The van der Waals surface area contributed by atoms with Crippen LogP contribution in [0, 0.1) is 10.1 Å². The molecule has 3 N–H and O–H groups in total. The number of hydrogen-bond donors (Lipinski definition) is 2. The Bertz CT molecular complexity index is 759. The fraction of sp³-hybridized carbons (Fsp3) is 0.188. The molecule has 24 heavy (non-hydrogen) atoms. The van der Waals surface area contributed by atoms with E-state index in [0.29, 0.717) is 12.2 Å². The molecule has 0 aliphatic carbocycles. The lowest BCUT2D eigenvalue weighted by Crippen LogP contribution is -2.12. The molecule has 2 rings (SSSR count). The van der Waals surface area contributed by atoms with Gasteiger partial charge in [0.05, 0.1) is 24.8 Å². The molecule has 0 aromatic heterocycles. The van der Waals surface area contributed by atoms with Gasteiger partial charge in [0.25, 0.3) is 5.69 Å². The predicted molar refractivity (Wildman–Crippen MR) is 89.2 cm³/mol. The number of carbonyl (C=O) groups is 1. The summed E-state index contributed by atoms with van der Waals surface area (Å²) in [6, 6.07) is 10.0. The van der Waals surface area contributed by atoms with E-state index in [4.69, 9.17) is 10.5 Å². The first-order valence-electron chi connectivity index (χ1n) is 7.00. The molecule has 0 saturated heterocycles. The van der Waals surface area contributed by atoms with Crippen LogP contribution in [0.1, 0.15) is 15.9 Å². The quantitative estimate of drug-likeness (QED) is 0.361. The number of nitro groups is 1. The standard InChI is InChI=1S/C16H17N3O5/c1-23-11-5-3-10(4-6-11)9-18-12-7-8-13(19(21)22)15(17)14(12)16(20)24-2/h3-8,18H,9,17H2,1-2H3. The molecule has 0 unspecified atom stereocenters. The van der Waals surface area contributed by atoms with E-state index in [2.05, 4.69) is 10.1 Å². The van der Waals surface area contributed by atoms with Crippen molar-refractivity contribution in [2.24, 2.45) is 0 Å². The summed E-state index contributed by atoms with van der Waals surface area (Å²) in [6.45, 7) is 0.394. The van der Waals surface area contributed by atoms with Crippen LogP contribution in [0.25, 0.3) is 0 Å². The highest BCUT2D eigenvalue weighted by Gasteiger charge is 2.23. The molecule has 0 saturated carbocycles. The fourth-order valence-corrected chi connectivity index (χ4v) is 2.18. The van der Waals surface area contributed by atoms with Crippen molar-refractivity contribution in [2.75, 3.05) is 25.3 Å². The topological polar surface area (TPSA) is 117 Å². The lowest BCUT2D eigenvalue weighted by molar-refractivity contribution is -0.383. The Morgan fingerprint density at radius 2 is 1.88 bits per heavy atom. The average Bonchev–Trinajstić information content (AvgIpc) is 2.59. The molecule has 8 heteroatoms. The maximum atomic E-state index is 11.9. The maximum Gasteiger partial charge on any atom is 0.342 e. The van der Waals surface area contributed by atoms with Crippen LogP contribution < -0.4 is 15.8 Å². The van der Waals surface area contributed by atoms with Gasteiger partial charge in [-0.1, -0.05) is 12.1 Å². The van der Waals surface area contributed by atoms with Crippen LogP contribution in [-0.4, -0.2) is 25.1 Å². The molecule has 0 heterocycles. The second kappa shape index (κ2) is 7.32. The molecule has 2 aromatic rings. The number of rotatable bonds is 6.